The number of nitrogens with zero attached hydrogens (tertiary/aromatic N) is 1. The largest absolute Gasteiger partial charge is 0.488 e. The predicted molar refractivity (Wildman–Crippen MR) is 127 cm³/mol. The van der Waals surface area contributed by atoms with Crippen molar-refractivity contribution in [2.24, 2.45) is 5.10 Å². The molecule has 0 atom stereocenters. The molecule has 0 radical (unpaired) electrons. The lowest BCUT2D eigenvalue weighted by atomic mass is 10.0. The molecule has 160 valence electrons. The van der Waals surface area contributed by atoms with Gasteiger partial charge < -0.3 is 9.47 Å². The SMILES string of the molecule is CC(C)c1ccccc1OCC(=O)N/N=C/c1cc(Br)ccc1OCc1ccccc1. The second-order valence-corrected chi connectivity index (χ2v) is 8.15. The van der Waals surface area contributed by atoms with Crippen LogP contribution in [0.15, 0.2) is 82.4 Å². The number of amides is 1. The summed E-state index contributed by atoms with van der Waals surface area (Å²) in [4.78, 5) is 12.2. The quantitative estimate of drug-likeness (QED) is 0.316. The van der Waals surface area contributed by atoms with Crippen LogP contribution in [0.25, 0.3) is 0 Å². The third-order valence-electron chi connectivity index (χ3n) is 4.50. The lowest BCUT2D eigenvalue weighted by Gasteiger charge is -2.13. The molecule has 5 nitrogen and oxygen atoms in total. The number of nitrogens with one attached hydrogen (secondary N) is 1. The molecule has 1 amide bonds. The van der Waals surface area contributed by atoms with Crippen molar-refractivity contribution in [1.29, 1.82) is 0 Å². The third kappa shape index (κ3) is 6.96. The molecule has 3 rings (SSSR count). The standard InChI is InChI=1S/C25H25BrN2O3/c1-18(2)22-10-6-7-11-24(22)31-17-25(29)28-27-15-20-14-21(26)12-13-23(20)30-16-19-8-4-3-5-9-19/h3-15,18H,16-17H2,1-2H3,(H,28,29)/b27-15+. The van der Waals surface area contributed by atoms with Crippen LogP contribution in [0.4, 0.5) is 0 Å². The summed E-state index contributed by atoms with van der Waals surface area (Å²) in [6, 6.07) is 23.3. The number of carbonyl (C=O) groups excluding carboxylic acids is 1. The van der Waals surface area contributed by atoms with E-state index in [4.69, 9.17) is 9.47 Å². The van der Waals surface area contributed by atoms with Crippen LogP contribution in [0.2, 0.25) is 0 Å². The molecule has 0 unspecified atom stereocenters. The van der Waals surface area contributed by atoms with E-state index >= 15 is 0 Å². The number of hydrazone groups is 1. The van der Waals surface area contributed by atoms with Crippen molar-refractivity contribution in [3.63, 3.8) is 0 Å². The highest BCUT2D eigenvalue weighted by molar-refractivity contribution is 9.10. The van der Waals surface area contributed by atoms with Gasteiger partial charge in [0.1, 0.15) is 18.1 Å². The van der Waals surface area contributed by atoms with Crippen LogP contribution in [-0.2, 0) is 11.4 Å². The number of para-hydroxylation sites is 1. The molecule has 0 heterocycles. The van der Waals surface area contributed by atoms with Gasteiger partial charge >= 0.3 is 0 Å². The number of benzene rings is 3. The second kappa shape index (κ2) is 11.3. The highest BCUT2D eigenvalue weighted by Gasteiger charge is 2.09. The van der Waals surface area contributed by atoms with Gasteiger partial charge in [-0.05, 0) is 41.3 Å². The lowest BCUT2D eigenvalue weighted by Crippen LogP contribution is -2.25. The molecule has 0 spiro atoms. The Morgan fingerprint density at radius 1 is 1.00 bits per heavy atom. The first kappa shape index (κ1) is 22.6. The first-order valence-electron chi connectivity index (χ1n) is 10.0. The van der Waals surface area contributed by atoms with Gasteiger partial charge in [0.2, 0.25) is 0 Å². The van der Waals surface area contributed by atoms with Crippen LogP contribution < -0.4 is 14.9 Å². The number of hydrogen-bond donors (Lipinski definition) is 1. The van der Waals surface area contributed by atoms with Gasteiger partial charge in [0.05, 0.1) is 6.21 Å². The summed E-state index contributed by atoms with van der Waals surface area (Å²) >= 11 is 3.46. The number of rotatable bonds is 9. The zero-order valence-corrected chi connectivity index (χ0v) is 19.1. The molecule has 0 aliphatic rings. The van der Waals surface area contributed by atoms with Gasteiger partial charge in [-0.15, -0.1) is 0 Å². The minimum Gasteiger partial charge on any atom is -0.488 e. The van der Waals surface area contributed by atoms with E-state index in [1.165, 1.54) is 0 Å². The fraction of sp³-hybridized carbons (Fsp3) is 0.200. The van der Waals surface area contributed by atoms with Crippen molar-refractivity contribution >= 4 is 28.1 Å². The Labute approximate surface area is 191 Å². The second-order valence-electron chi connectivity index (χ2n) is 7.23. The molecular weight excluding hydrogens is 456 g/mol. The molecule has 0 fully saturated rings. The van der Waals surface area contributed by atoms with Crippen LogP contribution in [0.3, 0.4) is 0 Å². The zero-order valence-electron chi connectivity index (χ0n) is 17.5. The molecule has 1 N–H and O–H groups in total. The van der Waals surface area contributed by atoms with Gasteiger partial charge in [-0.2, -0.15) is 5.10 Å². The van der Waals surface area contributed by atoms with Gasteiger partial charge in [0.15, 0.2) is 6.61 Å². The molecule has 0 saturated heterocycles. The molecule has 0 aliphatic carbocycles. The minimum absolute atomic E-state index is 0.114. The number of halogens is 1. The van der Waals surface area contributed by atoms with E-state index in [1.54, 1.807) is 6.21 Å². The maximum Gasteiger partial charge on any atom is 0.277 e. The van der Waals surface area contributed by atoms with Crippen LogP contribution in [0, 0.1) is 0 Å². The van der Waals surface area contributed by atoms with Crippen molar-refractivity contribution < 1.29 is 14.3 Å². The Morgan fingerprint density at radius 2 is 1.74 bits per heavy atom. The van der Waals surface area contributed by atoms with Gasteiger partial charge in [0.25, 0.3) is 5.91 Å². The normalized spacial score (nSPS) is 11.0. The van der Waals surface area contributed by atoms with Crippen LogP contribution in [0.5, 0.6) is 11.5 Å². The first-order valence-corrected chi connectivity index (χ1v) is 10.8. The summed E-state index contributed by atoms with van der Waals surface area (Å²) in [5.74, 6) is 1.35. The zero-order chi connectivity index (χ0) is 22.1. The van der Waals surface area contributed by atoms with Crippen LogP contribution >= 0.6 is 15.9 Å². The summed E-state index contributed by atoms with van der Waals surface area (Å²) in [6.45, 7) is 4.50. The number of hydrogen-bond acceptors (Lipinski definition) is 4. The Kier molecular flexibility index (Phi) is 8.24. The number of ether oxygens (including phenoxy) is 2. The van der Waals surface area contributed by atoms with Crippen LogP contribution in [0.1, 0.15) is 36.5 Å². The molecule has 0 aliphatic heterocycles. The van der Waals surface area contributed by atoms with E-state index in [9.17, 15) is 4.79 Å². The molecular formula is C25H25BrN2O3. The molecule has 0 saturated carbocycles. The average molecular weight is 481 g/mol. The summed E-state index contributed by atoms with van der Waals surface area (Å²) in [6.07, 6.45) is 1.56. The fourth-order valence-corrected chi connectivity index (χ4v) is 3.30. The molecule has 0 bridgehead atoms. The third-order valence-corrected chi connectivity index (χ3v) is 4.99. The molecule has 31 heavy (non-hydrogen) atoms. The lowest BCUT2D eigenvalue weighted by molar-refractivity contribution is -0.123. The topological polar surface area (TPSA) is 59.9 Å². The molecule has 6 heteroatoms. The van der Waals surface area contributed by atoms with Crippen molar-refractivity contribution in [3.05, 3.63) is 94.0 Å². The Balaban J connectivity index is 1.57. The van der Waals surface area contributed by atoms with Gasteiger partial charge in [-0.1, -0.05) is 78.3 Å². The van der Waals surface area contributed by atoms with E-state index in [2.05, 4.69) is 40.3 Å². The van der Waals surface area contributed by atoms with Gasteiger partial charge in [0, 0.05) is 10.0 Å². The number of carbonyl (C=O) groups is 1. The van der Waals surface area contributed by atoms with Gasteiger partial charge in [-0.3, -0.25) is 4.79 Å². The monoisotopic (exact) mass is 480 g/mol. The van der Waals surface area contributed by atoms with Crippen molar-refractivity contribution in [2.75, 3.05) is 6.61 Å². The minimum atomic E-state index is -0.337. The highest BCUT2D eigenvalue weighted by atomic mass is 79.9. The van der Waals surface area contributed by atoms with Crippen LogP contribution in [-0.4, -0.2) is 18.7 Å². The van der Waals surface area contributed by atoms with E-state index in [-0.39, 0.29) is 12.5 Å². The maximum atomic E-state index is 12.2. The Hall–Kier alpha value is -3.12. The summed E-state index contributed by atoms with van der Waals surface area (Å²) in [5, 5.41) is 4.06. The van der Waals surface area contributed by atoms with Gasteiger partial charge in [-0.25, -0.2) is 5.43 Å². The Bertz CT molecular complexity index is 1040. The van der Waals surface area contributed by atoms with Crippen molar-refractivity contribution in [1.82, 2.24) is 5.43 Å². The summed E-state index contributed by atoms with van der Waals surface area (Å²) in [5.41, 5.74) is 5.39. The molecule has 0 aromatic heterocycles. The van der Waals surface area contributed by atoms with Crippen molar-refractivity contribution in [3.8, 4) is 11.5 Å². The summed E-state index contributed by atoms with van der Waals surface area (Å²) < 4.78 is 12.5. The highest BCUT2D eigenvalue weighted by Crippen LogP contribution is 2.26. The fourth-order valence-electron chi connectivity index (χ4n) is 2.93. The Morgan fingerprint density at radius 3 is 2.52 bits per heavy atom. The predicted octanol–water partition coefficient (Wildman–Crippen LogP) is 5.68. The summed E-state index contributed by atoms with van der Waals surface area (Å²) in [7, 11) is 0. The first-order chi connectivity index (χ1) is 15.0. The maximum absolute atomic E-state index is 12.2. The van der Waals surface area contributed by atoms with E-state index in [1.807, 2.05) is 72.8 Å². The van der Waals surface area contributed by atoms with E-state index in [0.717, 1.165) is 21.2 Å². The molecule has 3 aromatic carbocycles. The van der Waals surface area contributed by atoms with E-state index < -0.39 is 0 Å². The van der Waals surface area contributed by atoms with Crippen molar-refractivity contribution in [2.45, 2.75) is 26.4 Å². The average Bonchev–Trinajstić information content (AvgIpc) is 2.78. The molecule has 3 aromatic rings. The smallest absolute Gasteiger partial charge is 0.277 e. The van der Waals surface area contributed by atoms with E-state index in [0.29, 0.717) is 24.0 Å².